The number of benzene rings is 2. The lowest BCUT2D eigenvalue weighted by molar-refractivity contribution is -0.138. The van der Waals surface area contributed by atoms with E-state index in [1.165, 1.54) is 24.3 Å². The number of nitrogens with zero attached hydrogens (tertiary/aromatic N) is 1. The van der Waals surface area contributed by atoms with E-state index >= 15 is 0 Å². The van der Waals surface area contributed by atoms with Crippen LogP contribution in [0.2, 0.25) is 0 Å². The summed E-state index contributed by atoms with van der Waals surface area (Å²) in [6.45, 7) is 1.70. The van der Waals surface area contributed by atoms with E-state index in [0.29, 0.717) is 5.56 Å². The van der Waals surface area contributed by atoms with E-state index in [0.717, 1.165) is 6.07 Å². The summed E-state index contributed by atoms with van der Waals surface area (Å²) in [4.78, 5) is 0. The van der Waals surface area contributed by atoms with Crippen molar-refractivity contribution in [2.45, 2.75) is 13.1 Å². The standard InChI is InChI=1S/C15H10F3NO/c1-10-5-4-8-13(11(10)9-19)20-14-7-3-2-6-12(14)15(16,17)18/h2-8H,1H3. The zero-order valence-electron chi connectivity index (χ0n) is 10.5. The molecule has 20 heavy (non-hydrogen) atoms. The molecule has 0 aliphatic heterocycles. The highest BCUT2D eigenvalue weighted by atomic mass is 19.4. The van der Waals surface area contributed by atoms with Crippen molar-refractivity contribution < 1.29 is 17.9 Å². The molecule has 2 aromatic rings. The van der Waals surface area contributed by atoms with Crippen LogP contribution in [0.25, 0.3) is 0 Å². The van der Waals surface area contributed by atoms with Crippen LogP contribution in [0, 0.1) is 18.3 Å². The van der Waals surface area contributed by atoms with Crippen LogP contribution in [-0.2, 0) is 6.18 Å². The van der Waals surface area contributed by atoms with Crippen LogP contribution in [-0.4, -0.2) is 0 Å². The number of halogens is 3. The van der Waals surface area contributed by atoms with Gasteiger partial charge in [-0.1, -0.05) is 24.3 Å². The van der Waals surface area contributed by atoms with Crippen molar-refractivity contribution in [2.24, 2.45) is 0 Å². The fourth-order valence-corrected chi connectivity index (χ4v) is 1.78. The van der Waals surface area contributed by atoms with Crippen molar-refractivity contribution >= 4 is 0 Å². The number of aryl methyl sites for hydroxylation is 1. The van der Waals surface area contributed by atoms with Gasteiger partial charge < -0.3 is 4.74 Å². The van der Waals surface area contributed by atoms with Crippen molar-refractivity contribution in [1.29, 1.82) is 5.26 Å². The summed E-state index contributed by atoms with van der Waals surface area (Å²) >= 11 is 0. The number of hydrogen-bond donors (Lipinski definition) is 0. The van der Waals surface area contributed by atoms with E-state index in [1.807, 2.05) is 6.07 Å². The van der Waals surface area contributed by atoms with Gasteiger partial charge in [0, 0.05) is 0 Å². The Hall–Kier alpha value is -2.48. The normalized spacial score (nSPS) is 10.9. The van der Waals surface area contributed by atoms with Gasteiger partial charge >= 0.3 is 6.18 Å². The van der Waals surface area contributed by atoms with Crippen molar-refractivity contribution in [3.8, 4) is 17.6 Å². The molecule has 2 nitrogen and oxygen atoms in total. The molecule has 0 amide bonds. The Morgan fingerprint density at radius 3 is 2.30 bits per heavy atom. The Kier molecular flexibility index (Phi) is 3.66. The highest BCUT2D eigenvalue weighted by molar-refractivity contribution is 5.51. The molecule has 0 bridgehead atoms. The Morgan fingerprint density at radius 1 is 1.00 bits per heavy atom. The first kappa shape index (κ1) is 13.9. The molecule has 0 aliphatic carbocycles. The molecule has 0 heterocycles. The zero-order chi connectivity index (χ0) is 14.8. The van der Waals surface area contributed by atoms with Crippen LogP contribution in [0.5, 0.6) is 11.5 Å². The lowest BCUT2D eigenvalue weighted by atomic mass is 10.1. The second-order valence-corrected chi connectivity index (χ2v) is 4.16. The SMILES string of the molecule is Cc1cccc(Oc2ccccc2C(F)(F)F)c1C#N. The summed E-state index contributed by atoms with van der Waals surface area (Å²) in [6, 6.07) is 11.6. The third-order valence-corrected chi connectivity index (χ3v) is 2.76. The molecule has 0 radical (unpaired) electrons. The lowest BCUT2D eigenvalue weighted by Crippen LogP contribution is -2.07. The molecule has 0 saturated carbocycles. The third kappa shape index (κ3) is 2.75. The maximum Gasteiger partial charge on any atom is 0.419 e. The Morgan fingerprint density at radius 2 is 1.65 bits per heavy atom. The van der Waals surface area contributed by atoms with Crippen molar-refractivity contribution in [3.05, 3.63) is 59.2 Å². The minimum Gasteiger partial charge on any atom is -0.455 e. The Labute approximate surface area is 114 Å². The molecule has 0 fully saturated rings. The predicted octanol–water partition coefficient (Wildman–Crippen LogP) is 4.68. The summed E-state index contributed by atoms with van der Waals surface area (Å²) in [6.07, 6.45) is -4.51. The lowest BCUT2D eigenvalue weighted by Gasteiger charge is -2.14. The first-order valence-corrected chi connectivity index (χ1v) is 5.77. The van der Waals surface area contributed by atoms with Crippen LogP contribution < -0.4 is 4.74 Å². The smallest absolute Gasteiger partial charge is 0.419 e. The van der Waals surface area contributed by atoms with Crippen LogP contribution >= 0.6 is 0 Å². The van der Waals surface area contributed by atoms with Crippen molar-refractivity contribution in [1.82, 2.24) is 0 Å². The summed E-state index contributed by atoms with van der Waals surface area (Å²) in [5.74, 6) is -0.202. The molecule has 0 unspecified atom stereocenters. The topological polar surface area (TPSA) is 33.0 Å². The number of alkyl halides is 3. The van der Waals surface area contributed by atoms with Gasteiger partial charge in [-0.2, -0.15) is 18.4 Å². The van der Waals surface area contributed by atoms with Gasteiger partial charge in [0.25, 0.3) is 0 Å². The van der Waals surface area contributed by atoms with Gasteiger partial charge in [0.15, 0.2) is 0 Å². The van der Waals surface area contributed by atoms with Gasteiger partial charge in [-0.15, -0.1) is 0 Å². The van der Waals surface area contributed by atoms with E-state index in [-0.39, 0.29) is 17.1 Å². The number of ether oxygens (including phenoxy) is 1. The average Bonchev–Trinajstić information content (AvgIpc) is 2.38. The largest absolute Gasteiger partial charge is 0.455 e. The fraction of sp³-hybridized carbons (Fsp3) is 0.133. The van der Waals surface area contributed by atoms with Gasteiger partial charge in [-0.05, 0) is 30.7 Å². The van der Waals surface area contributed by atoms with Gasteiger partial charge in [0.05, 0.1) is 11.1 Å². The Balaban J connectivity index is 2.47. The number of para-hydroxylation sites is 1. The van der Waals surface area contributed by atoms with Gasteiger partial charge in [-0.3, -0.25) is 0 Å². The highest BCUT2D eigenvalue weighted by Crippen LogP contribution is 2.38. The summed E-state index contributed by atoms with van der Waals surface area (Å²) < 4.78 is 43.9. The maximum atomic E-state index is 12.9. The molecule has 102 valence electrons. The van der Waals surface area contributed by atoms with Gasteiger partial charge in [-0.25, -0.2) is 0 Å². The predicted molar refractivity (Wildman–Crippen MR) is 67.4 cm³/mol. The van der Waals surface area contributed by atoms with E-state index in [2.05, 4.69) is 0 Å². The van der Waals surface area contributed by atoms with Crippen molar-refractivity contribution in [2.75, 3.05) is 0 Å². The molecule has 0 aromatic heterocycles. The minimum absolute atomic E-state index is 0.115. The highest BCUT2D eigenvalue weighted by Gasteiger charge is 2.34. The fourth-order valence-electron chi connectivity index (χ4n) is 1.78. The Bertz CT molecular complexity index is 672. The monoisotopic (exact) mass is 277 g/mol. The molecule has 2 aromatic carbocycles. The molecule has 5 heteroatoms. The quantitative estimate of drug-likeness (QED) is 0.798. The molecule has 0 spiro atoms. The van der Waals surface area contributed by atoms with E-state index in [1.54, 1.807) is 19.1 Å². The molecule has 0 N–H and O–H groups in total. The van der Waals surface area contributed by atoms with Crippen LogP contribution in [0.1, 0.15) is 16.7 Å². The van der Waals surface area contributed by atoms with E-state index in [4.69, 9.17) is 10.00 Å². The average molecular weight is 277 g/mol. The second kappa shape index (κ2) is 5.25. The molecule has 0 aliphatic rings. The van der Waals surface area contributed by atoms with Crippen LogP contribution in [0.15, 0.2) is 42.5 Å². The molecular formula is C15H10F3NO. The molecule has 2 rings (SSSR count). The number of rotatable bonds is 2. The first-order valence-electron chi connectivity index (χ1n) is 5.77. The zero-order valence-corrected chi connectivity index (χ0v) is 10.5. The number of nitriles is 1. The summed E-state index contributed by atoms with van der Waals surface area (Å²) in [7, 11) is 0. The minimum atomic E-state index is -4.51. The van der Waals surface area contributed by atoms with Crippen LogP contribution in [0.3, 0.4) is 0 Å². The molecular weight excluding hydrogens is 267 g/mol. The van der Waals surface area contributed by atoms with Crippen LogP contribution in [0.4, 0.5) is 13.2 Å². The first-order chi connectivity index (χ1) is 9.43. The summed E-state index contributed by atoms with van der Waals surface area (Å²) in [5.41, 5.74) is 0.00404. The second-order valence-electron chi connectivity index (χ2n) is 4.16. The molecule has 0 atom stereocenters. The van der Waals surface area contributed by atoms with Gasteiger partial charge in [0.1, 0.15) is 17.6 Å². The van der Waals surface area contributed by atoms with E-state index in [9.17, 15) is 13.2 Å². The molecule has 0 saturated heterocycles. The number of hydrogen-bond acceptors (Lipinski definition) is 2. The van der Waals surface area contributed by atoms with Crippen molar-refractivity contribution in [3.63, 3.8) is 0 Å². The van der Waals surface area contributed by atoms with Gasteiger partial charge in [0.2, 0.25) is 0 Å². The maximum absolute atomic E-state index is 12.9. The summed E-state index contributed by atoms with van der Waals surface area (Å²) in [5, 5.41) is 9.05. The third-order valence-electron chi connectivity index (χ3n) is 2.76. The van der Waals surface area contributed by atoms with E-state index < -0.39 is 11.7 Å².